The number of hydrogen-bond acceptors (Lipinski definition) is 6. The molecule has 2 atom stereocenters. The molecule has 0 saturated carbocycles. The van der Waals surface area contributed by atoms with Crippen molar-refractivity contribution < 1.29 is 9.18 Å². The predicted octanol–water partition coefficient (Wildman–Crippen LogP) is 1.82. The Morgan fingerprint density at radius 2 is 2.11 bits per heavy atom. The van der Waals surface area contributed by atoms with Gasteiger partial charge in [0.25, 0.3) is 5.91 Å². The average molecular weight is 378 g/mol. The molecule has 2 fully saturated rings. The minimum absolute atomic E-state index is 0.0165. The number of nitrogens with zero attached hydrogens (tertiary/aromatic N) is 5. The maximum absolute atomic E-state index is 14.3. The van der Waals surface area contributed by atoms with Gasteiger partial charge in [-0.25, -0.2) is 14.4 Å². The van der Waals surface area contributed by atoms with Gasteiger partial charge >= 0.3 is 0 Å². The van der Waals surface area contributed by atoms with Gasteiger partial charge in [0.1, 0.15) is 17.3 Å². The number of anilines is 1. The number of aromatic nitrogens is 3. The summed E-state index contributed by atoms with van der Waals surface area (Å²) in [6, 6.07) is 7.09. The number of primary amides is 1. The molecule has 2 aromatic heterocycles. The van der Waals surface area contributed by atoms with Crippen LogP contribution in [0, 0.1) is 5.82 Å². The molecule has 0 aliphatic carbocycles. The van der Waals surface area contributed by atoms with Crippen LogP contribution in [0.25, 0.3) is 22.2 Å². The highest BCUT2D eigenvalue weighted by Crippen LogP contribution is 2.35. The maximum Gasteiger partial charge on any atom is 0.269 e. The zero-order valence-corrected chi connectivity index (χ0v) is 15.3. The molecule has 28 heavy (non-hydrogen) atoms. The smallest absolute Gasteiger partial charge is 0.269 e. The summed E-state index contributed by atoms with van der Waals surface area (Å²) in [5.74, 6) is -0.459. The van der Waals surface area contributed by atoms with Crippen molar-refractivity contribution in [3.05, 3.63) is 48.2 Å². The number of rotatable bonds is 3. The van der Waals surface area contributed by atoms with Crippen LogP contribution in [0.2, 0.25) is 0 Å². The van der Waals surface area contributed by atoms with E-state index in [0.29, 0.717) is 34.4 Å². The van der Waals surface area contributed by atoms with Gasteiger partial charge in [0.2, 0.25) is 0 Å². The number of likely N-dealkylation sites (N-methyl/N-ethyl adjacent to an activating group) is 1. The summed E-state index contributed by atoms with van der Waals surface area (Å²) in [5.41, 5.74) is 6.80. The van der Waals surface area contributed by atoms with Crippen molar-refractivity contribution >= 4 is 22.6 Å². The predicted molar refractivity (Wildman–Crippen MR) is 103 cm³/mol. The summed E-state index contributed by atoms with van der Waals surface area (Å²) in [6.45, 7) is 1.82. The van der Waals surface area contributed by atoms with Crippen LogP contribution in [0.4, 0.5) is 10.2 Å². The number of nitrogens with two attached hydrogens (primary N) is 1. The highest BCUT2D eigenvalue weighted by atomic mass is 19.1. The van der Waals surface area contributed by atoms with E-state index in [1.54, 1.807) is 24.5 Å². The molecule has 7 nitrogen and oxygen atoms in total. The van der Waals surface area contributed by atoms with E-state index < -0.39 is 11.7 Å². The van der Waals surface area contributed by atoms with Crippen LogP contribution in [-0.4, -0.2) is 58.0 Å². The first-order valence-corrected chi connectivity index (χ1v) is 9.19. The molecule has 1 aromatic carbocycles. The molecular formula is C20H19FN6O. The van der Waals surface area contributed by atoms with Crippen molar-refractivity contribution in [3.63, 3.8) is 0 Å². The van der Waals surface area contributed by atoms with Crippen LogP contribution in [0.15, 0.2) is 36.7 Å². The lowest BCUT2D eigenvalue weighted by Crippen LogP contribution is -2.45. The fraction of sp³-hybridized carbons (Fsp3) is 0.300. The Morgan fingerprint density at radius 1 is 1.25 bits per heavy atom. The van der Waals surface area contributed by atoms with Crippen molar-refractivity contribution in [3.8, 4) is 11.3 Å². The van der Waals surface area contributed by atoms with Gasteiger partial charge < -0.3 is 10.6 Å². The van der Waals surface area contributed by atoms with Crippen molar-refractivity contribution in [2.75, 3.05) is 25.0 Å². The number of halogens is 1. The Hall–Kier alpha value is -3.13. The second-order valence-corrected chi connectivity index (χ2v) is 7.45. The van der Waals surface area contributed by atoms with Gasteiger partial charge in [0, 0.05) is 42.3 Å². The second kappa shape index (κ2) is 6.20. The van der Waals surface area contributed by atoms with E-state index in [4.69, 9.17) is 10.7 Å². The normalized spacial score (nSPS) is 21.6. The lowest BCUT2D eigenvalue weighted by Gasteiger charge is -2.32. The third-order valence-electron chi connectivity index (χ3n) is 5.73. The first-order chi connectivity index (χ1) is 13.5. The molecule has 2 saturated heterocycles. The van der Waals surface area contributed by atoms with Gasteiger partial charge in [-0.15, -0.1) is 0 Å². The molecule has 2 N–H and O–H groups in total. The topological polar surface area (TPSA) is 88.2 Å². The SMILES string of the molecule is CN1CC2CC1CN2c1cnc(C(N)=O)c(-c2cc(F)cc3cccnc23)n1. The van der Waals surface area contributed by atoms with Crippen molar-refractivity contribution in [2.45, 2.75) is 18.5 Å². The number of likely N-dealkylation sites (tertiary alicyclic amines) is 1. The number of hydrogen-bond donors (Lipinski definition) is 1. The van der Waals surface area contributed by atoms with E-state index in [1.165, 1.54) is 12.1 Å². The number of pyridine rings is 1. The van der Waals surface area contributed by atoms with E-state index in [1.807, 2.05) is 0 Å². The maximum atomic E-state index is 14.3. The molecule has 2 aliphatic heterocycles. The summed E-state index contributed by atoms with van der Waals surface area (Å²) in [6.07, 6.45) is 4.29. The summed E-state index contributed by atoms with van der Waals surface area (Å²) in [7, 11) is 2.12. The first-order valence-electron chi connectivity index (χ1n) is 9.19. The van der Waals surface area contributed by atoms with Crippen LogP contribution in [0.1, 0.15) is 16.9 Å². The van der Waals surface area contributed by atoms with E-state index in [-0.39, 0.29) is 11.4 Å². The van der Waals surface area contributed by atoms with Crippen molar-refractivity contribution in [1.82, 2.24) is 19.9 Å². The zero-order valence-electron chi connectivity index (χ0n) is 15.3. The number of carbonyl (C=O) groups is 1. The largest absolute Gasteiger partial charge is 0.364 e. The Bertz CT molecular complexity index is 1100. The van der Waals surface area contributed by atoms with Gasteiger partial charge in [-0.05, 0) is 31.7 Å². The highest BCUT2D eigenvalue weighted by molar-refractivity contribution is 6.02. The summed E-state index contributed by atoms with van der Waals surface area (Å²) in [4.78, 5) is 29.9. The van der Waals surface area contributed by atoms with Gasteiger partial charge in [-0.2, -0.15) is 0 Å². The van der Waals surface area contributed by atoms with E-state index in [9.17, 15) is 9.18 Å². The first kappa shape index (κ1) is 17.0. The lowest BCUT2D eigenvalue weighted by atomic mass is 10.0. The number of fused-ring (bicyclic) bond motifs is 3. The minimum atomic E-state index is -0.704. The molecule has 5 rings (SSSR count). The molecule has 3 aromatic rings. The number of carbonyl (C=O) groups excluding carboxylic acids is 1. The molecular weight excluding hydrogens is 359 g/mol. The molecule has 2 bridgehead atoms. The number of piperazine rings is 1. The monoisotopic (exact) mass is 378 g/mol. The summed E-state index contributed by atoms with van der Waals surface area (Å²) >= 11 is 0. The van der Waals surface area contributed by atoms with E-state index in [0.717, 1.165) is 19.5 Å². The molecule has 0 radical (unpaired) electrons. The Balaban J connectivity index is 1.68. The molecule has 1 amide bonds. The van der Waals surface area contributed by atoms with Gasteiger partial charge in [-0.1, -0.05) is 6.07 Å². The lowest BCUT2D eigenvalue weighted by molar-refractivity contribution is 0.0996. The Morgan fingerprint density at radius 3 is 2.82 bits per heavy atom. The number of benzene rings is 1. The van der Waals surface area contributed by atoms with Crippen LogP contribution in [-0.2, 0) is 0 Å². The Kier molecular flexibility index (Phi) is 3.77. The average Bonchev–Trinajstić information content (AvgIpc) is 3.26. The summed E-state index contributed by atoms with van der Waals surface area (Å²) in [5, 5.41) is 0.627. The third-order valence-corrected chi connectivity index (χ3v) is 5.73. The van der Waals surface area contributed by atoms with Gasteiger partial charge in [0.05, 0.1) is 11.7 Å². The highest BCUT2D eigenvalue weighted by Gasteiger charge is 2.42. The third kappa shape index (κ3) is 2.60. The molecule has 0 spiro atoms. The Labute approximate surface area is 161 Å². The molecule has 4 heterocycles. The van der Waals surface area contributed by atoms with Crippen molar-refractivity contribution in [1.29, 1.82) is 0 Å². The van der Waals surface area contributed by atoms with E-state index in [2.05, 4.69) is 26.8 Å². The van der Waals surface area contributed by atoms with Crippen molar-refractivity contribution in [2.24, 2.45) is 5.73 Å². The zero-order chi connectivity index (χ0) is 19.4. The van der Waals surface area contributed by atoms with Crippen LogP contribution >= 0.6 is 0 Å². The fourth-order valence-electron chi connectivity index (χ4n) is 4.37. The number of amides is 1. The molecule has 142 valence electrons. The second-order valence-electron chi connectivity index (χ2n) is 7.45. The van der Waals surface area contributed by atoms with Crippen LogP contribution in [0.3, 0.4) is 0 Å². The van der Waals surface area contributed by atoms with Gasteiger partial charge in [0.15, 0.2) is 5.69 Å². The van der Waals surface area contributed by atoms with Gasteiger partial charge in [-0.3, -0.25) is 14.7 Å². The van der Waals surface area contributed by atoms with Crippen LogP contribution in [0.5, 0.6) is 0 Å². The molecule has 8 heteroatoms. The molecule has 2 unspecified atom stereocenters. The standard InChI is InChI=1S/C20H19FN6O/c1-26-9-14-7-13(26)10-27(14)16-8-24-19(20(22)28)18(25-16)15-6-12(21)5-11-3-2-4-23-17(11)15/h2-6,8,13-14H,7,9-10H2,1H3,(H2,22,28). The van der Waals surface area contributed by atoms with E-state index >= 15 is 0 Å². The molecule has 2 aliphatic rings. The fourth-order valence-corrected chi connectivity index (χ4v) is 4.37. The minimum Gasteiger partial charge on any atom is -0.364 e. The van der Waals surface area contributed by atoms with Crippen LogP contribution < -0.4 is 10.6 Å². The summed E-state index contributed by atoms with van der Waals surface area (Å²) < 4.78 is 14.3. The quantitative estimate of drug-likeness (QED) is 0.748.